The van der Waals surface area contributed by atoms with Crippen LogP contribution in [-0.2, 0) is 6.54 Å². The smallest absolute Gasteiger partial charge is 0.154 e. The Labute approximate surface area is 184 Å². The third-order valence-electron chi connectivity index (χ3n) is 5.09. The maximum Gasteiger partial charge on any atom is 0.154 e. The van der Waals surface area contributed by atoms with Crippen LogP contribution in [0.3, 0.4) is 0 Å². The van der Waals surface area contributed by atoms with Gasteiger partial charge >= 0.3 is 0 Å². The molecule has 2 aliphatic rings. The van der Waals surface area contributed by atoms with Gasteiger partial charge < -0.3 is 5.32 Å². The van der Waals surface area contributed by atoms with Gasteiger partial charge in [-0.05, 0) is 42.3 Å². The van der Waals surface area contributed by atoms with Crippen LogP contribution in [0.1, 0.15) is 17.0 Å². The number of thioether (sulfide) groups is 1. The van der Waals surface area contributed by atoms with Crippen molar-refractivity contribution in [3.8, 4) is 5.82 Å². The zero-order valence-electron chi connectivity index (χ0n) is 16.4. The van der Waals surface area contributed by atoms with Gasteiger partial charge in [-0.3, -0.25) is 4.99 Å². The highest BCUT2D eigenvalue weighted by molar-refractivity contribution is 8.13. The molecular formula is C23H20ClN5S. The van der Waals surface area contributed by atoms with E-state index in [2.05, 4.69) is 39.6 Å². The number of allylic oxidation sites excluding steroid dienone is 2. The lowest BCUT2D eigenvalue weighted by molar-refractivity contribution is 0.823. The second kappa shape index (κ2) is 8.13. The molecule has 150 valence electrons. The summed E-state index contributed by atoms with van der Waals surface area (Å²) in [7, 11) is 0. The standard InChI is InChI=1S/C23H20ClN5S/c1-15-3-2-4-23(27-15)29-20(17-7-10-19-21(11-17)30-14-26-19)12-22(28-29)25-13-16-5-8-18(24)9-6-16/h2-12,14,19,21H,13H2,1H3,(H,25,28). The fourth-order valence-electron chi connectivity index (χ4n) is 3.53. The number of pyridine rings is 1. The lowest BCUT2D eigenvalue weighted by Gasteiger charge is -2.17. The first-order chi connectivity index (χ1) is 14.7. The Bertz CT molecular complexity index is 1160. The van der Waals surface area contributed by atoms with E-state index in [1.54, 1.807) is 11.8 Å². The van der Waals surface area contributed by atoms with Crippen LogP contribution in [0.2, 0.25) is 5.02 Å². The molecule has 30 heavy (non-hydrogen) atoms. The summed E-state index contributed by atoms with van der Waals surface area (Å²) >= 11 is 7.74. The van der Waals surface area contributed by atoms with Gasteiger partial charge in [-0.25, -0.2) is 9.67 Å². The molecule has 7 heteroatoms. The van der Waals surface area contributed by atoms with E-state index < -0.39 is 0 Å². The number of nitrogens with zero attached hydrogens (tertiary/aromatic N) is 4. The van der Waals surface area contributed by atoms with Gasteiger partial charge in [0.2, 0.25) is 0 Å². The number of benzene rings is 1. The van der Waals surface area contributed by atoms with Gasteiger partial charge in [-0.1, -0.05) is 48.0 Å². The molecule has 3 aromatic rings. The number of aliphatic imine (C=N–C) groups is 1. The Kier molecular flexibility index (Phi) is 5.19. The van der Waals surface area contributed by atoms with Crippen molar-refractivity contribution >= 4 is 40.3 Å². The molecule has 0 fully saturated rings. The Morgan fingerprint density at radius 1 is 1.17 bits per heavy atom. The summed E-state index contributed by atoms with van der Waals surface area (Å²) in [5.74, 6) is 1.60. The fourth-order valence-corrected chi connectivity index (χ4v) is 4.56. The maximum atomic E-state index is 5.99. The SMILES string of the molecule is Cc1cccc(-n2nc(NCc3ccc(Cl)cc3)cc2C2=CC3SC=NC3C=C2)n1. The van der Waals surface area contributed by atoms with Gasteiger partial charge in [0.15, 0.2) is 5.82 Å². The predicted octanol–water partition coefficient (Wildman–Crippen LogP) is 5.31. The first kappa shape index (κ1) is 19.2. The molecule has 1 aliphatic carbocycles. The summed E-state index contributed by atoms with van der Waals surface area (Å²) in [5.41, 5.74) is 6.18. The summed E-state index contributed by atoms with van der Waals surface area (Å²) in [6.45, 7) is 2.65. The van der Waals surface area contributed by atoms with Crippen molar-refractivity contribution in [2.24, 2.45) is 4.99 Å². The molecule has 2 atom stereocenters. The molecule has 1 aromatic carbocycles. The molecule has 5 nitrogen and oxygen atoms in total. The number of hydrogen-bond donors (Lipinski definition) is 1. The zero-order chi connectivity index (χ0) is 20.5. The second-order valence-corrected chi connectivity index (χ2v) is 8.73. The lowest BCUT2D eigenvalue weighted by Crippen LogP contribution is -2.16. The van der Waals surface area contributed by atoms with Crippen LogP contribution < -0.4 is 5.32 Å². The summed E-state index contributed by atoms with van der Waals surface area (Å²) in [6, 6.07) is 16.1. The summed E-state index contributed by atoms with van der Waals surface area (Å²) < 4.78 is 1.91. The van der Waals surface area contributed by atoms with Crippen LogP contribution in [0.15, 0.2) is 71.8 Å². The molecule has 1 N–H and O–H groups in total. The molecule has 0 spiro atoms. The number of anilines is 1. The van der Waals surface area contributed by atoms with Crippen LogP contribution in [-0.4, -0.2) is 31.6 Å². The number of aryl methyl sites for hydroxylation is 1. The van der Waals surface area contributed by atoms with E-state index in [0.717, 1.165) is 39.2 Å². The minimum absolute atomic E-state index is 0.231. The van der Waals surface area contributed by atoms with Crippen LogP contribution in [0.4, 0.5) is 5.82 Å². The average molecular weight is 434 g/mol. The molecular weight excluding hydrogens is 414 g/mol. The minimum atomic E-state index is 0.231. The molecule has 1 aliphatic heterocycles. The van der Waals surface area contributed by atoms with Crippen molar-refractivity contribution in [3.05, 3.63) is 88.7 Å². The largest absolute Gasteiger partial charge is 0.364 e. The topological polar surface area (TPSA) is 55.1 Å². The molecule has 2 aromatic heterocycles. The zero-order valence-corrected chi connectivity index (χ0v) is 17.9. The predicted molar refractivity (Wildman–Crippen MR) is 126 cm³/mol. The molecule has 0 bridgehead atoms. The summed E-state index contributed by atoms with van der Waals surface area (Å²) in [6.07, 6.45) is 6.57. The van der Waals surface area contributed by atoms with E-state index in [1.165, 1.54) is 0 Å². The minimum Gasteiger partial charge on any atom is -0.364 e. The van der Waals surface area contributed by atoms with Crippen molar-refractivity contribution in [1.29, 1.82) is 0 Å². The van der Waals surface area contributed by atoms with E-state index in [9.17, 15) is 0 Å². The van der Waals surface area contributed by atoms with E-state index in [0.29, 0.717) is 11.8 Å². The Morgan fingerprint density at radius 3 is 2.87 bits per heavy atom. The highest BCUT2D eigenvalue weighted by atomic mass is 35.5. The summed E-state index contributed by atoms with van der Waals surface area (Å²) in [4.78, 5) is 9.19. The highest BCUT2D eigenvalue weighted by Gasteiger charge is 2.26. The number of rotatable bonds is 5. The van der Waals surface area contributed by atoms with Gasteiger partial charge in [0.25, 0.3) is 0 Å². The van der Waals surface area contributed by atoms with Crippen LogP contribution in [0.5, 0.6) is 0 Å². The van der Waals surface area contributed by atoms with Crippen molar-refractivity contribution in [2.45, 2.75) is 24.8 Å². The van der Waals surface area contributed by atoms with Gasteiger partial charge in [-0.2, -0.15) is 0 Å². The van der Waals surface area contributed by atoms with E-state index >= 15 is 0 Å². The number of fused-ring (bicyclic) bond motifs is 1. The van der Waals surface area contributed by atoms with E-state index in [-0.39, 0.29) is 6.04 Å². The Hall–Kier alpha value is -2.83. The van der Waals surface area contributed by atoms with Crippen molar-refractivity contribution in [3.63, 3.8) is 0 Å². The normalized spacial score (nSPS) is 19.6. The molecule has 3 heterocycles. The average Bonchev–Trinajstić information content (AvgIpc) is 3.40. The van der Waals surface area contributed by atoms with Gasteiger partial charge in [0.05, 0.1) is 22.5 Å². The second-order valence-electron chi connectivity index (χ2n) is 7.27. The molecule has 0 amide bonds. The highest BCUT2D eigenvalue weighted by Crippen LogP contribution is 2.33. The monoisotopic (exact) mass is 433 g/mol. The van der Waals surface area contributed by atoms with Crippen LogP contribution in [0.25, 0.3) is 11.4 Å². The maximum absolute atomic E-state index is 5.99. The van der Waals surface area contributed by atoms with Crippen molar-refractivity contribution in [1.82, 2.24) is 14.8 Å². The molecule has 0 saturated heterocycles. The number of hydrogen-bond acceptors (Lipinski definition) is 5. The third-order valence-corrected chi connectivity index (χ3v) is 6.31. The molecule has 5 rings (SSSR count). The van der Waals surface area contributed by atoms with Crippen LogP contribution >= 0.6 is 23.4 Å². The van der Waals surface area contributed by atoms with Crippen molar-refractivity contribution < 1.29 is 0 Å². The van der Waals surface area contributed by atoms with Crippen LogP contribution in [0, 0.1) is 6.92 Å². The lowest BCUT2D eigenvalue weighted by atomic mass is 10.0. The molecule has 0 radical (unpaired) electrons. The Balaban J connectivity index is 1.48. The third kappa shape index (κ3) is 3.93. The van der Waals surface area contributed by atoms with Crippen molar-refractivity contribution in [2.75, 3.05) is 5.32 Å². The van der Waals surface area contributed by atoms with Gasteiger partial charge in [0.1, 0.15) is 5.82 Å². The molecule has 2 unspecified atom stereocenters. The molecule has 0 saturated carbocycles. The summed E-state index contributed by atoms with van der Waals surface area (Å²) in [5, 5.41) is 9.32. The first-order valence-corrected chi connectivity index (χ1v) is 11.1. The fraction of sp³-hybridized carbons (Fsp3) is 0.174. The quantitative estimate of drug-likeness (QED) is 0.592. The van der Waals surface area contributed by atoms with Gasteiger partial charge in [-0.15, -0.1) is 16.9 Å². The first-order valence-electron chi connectivity index (χ1n) is 9.76. The van der Waals surface area contributed by atoms with Gasteiger partial charge in [0, 0.05) is 23.3 Å². The Morgan fingerprint density at radius 2 is 2.03 bits per heavy atom. The van der Waals surface area contributed by atoms with E-state index in [4.69, 9.17) is 16.7 Å². The number of aromatic nitrogens is 3. The number of nitrogens with one attached hydrogen (secondary N) is 1. The van der Waals surface area contributed by atoms with E-state index in [1.807, 2.05) is 59.6 Å². The number of halogens is 1.